The largest absolute Gasteiger partial charge is 0.446 e. The van der Waals surface area contributed by atoms with Crippen molar-refractivity contribution < 1.29 is 19.9 Å². The fourth-order valence-electron chi connectivity index (χ4n) is 1.17. The third-order valence-electron chi connectivity index (χ3n) is 1.94. The molecule has 1 amide bonds. The molecule has 0 unspecified atom stereocenters. The van der Waals surface area contributed by atoms with Crippen molar-refractivity contribution in [3.63, 3.8) is 0 Å². The van der Waals surface area contributed by atoms with Crippen LogP contribution in [-0.4, -0.2) is 35.4 Å². The first-order valence-corrected chi connectivity index (χ1v) is 4.57. The lowest BCUT2D eigenvalue weighted by Crippen LogP contribution is -2.17. The van der Waals surface area contributed by atoms with Crippen LogP contribution in [0.15, 0.2) is 29.3 Å². The van der Waals surface area contributed by atoms with Gasteiger partial charge in [0.25, 0.3) is 5.69 Å². The van der Waals surface area contributed by atoms with E-state index in [1.165, 1.54) is 0 Å². The molecule has 7 nitrogen and oxygen atoms in total. The molecule has 0 N–H and O–H groups in total. The Morgan fingerprint density at radius 2 is 2.35 bits per heavy atom. The number of nitro groups is 1. The molecule has 88 valence electrons. The number of ether oxygens (including phenoxy) is 1. The van der Waals surface area contributed by atoms with Crippen LogP contribution in [0.25, 0.3) is 0 Å². The van der Waals surface area contributed by atoms with Crippen molar-refractivity contribution in [2.75, 3.05) is 13.2 Å². The number of hydrogen-bond donors (Lipinski definition) is 0. The Morgan fingerprint density at radius 3 is 3.00 bits per heavy atom. The first kappa shape index (κ1) is 7.00. The van der Waals surface area contributed by atoms with Crippen molar-refractivity contribution in [3.8, 4) is 0 Å². The summed E-state index contributed by atoms with van der Waals surface area (Å²) in [6, 6.07) is -2.69. The molecule has 17 heavy (non-hydrogen) atoms. The zero-order valence-electron chi connectivity index (χ0n) is 12.5. The van der Waals surface area contributed by atoms with Crippen LogP contribution in [-0.2, 0) is 4.74 Å². The van der Waals surface area contributed by atoms with Crippen molar-refractivity contribution in [1.82, 2.24) is 5.01 Å². The second kappa shape index (κ2) is 4.60. The second-order valence-corrected chi connectivity index (χ2v) is 3.00. The van der Waals surface area contributed by atoms with Crippen molar-refractivity contribution in [2.24, 2.45) is 5.10 Å². The van der Waals surface area contributed by atoms with Gasteiger partial charge in [-0.25, -0.2) is 4.79 Å². The smallest absolute Gasteiger partial charge is 0.430 e. The van der Waals surface area contributed by atoms with Crippen LogP contribution in [0.4, 0.5) is 10.5 Å². The maximum atomic E-state index is 11.2. The lowest BCUT2D eigenvalue weighted by atomic mass is 10.2. The van der Waals surface area contributed by atoms with Crippen LogP contribution in [0.1, 0.15) is 11.0 Å². The number of rotatable bonds is 3. The molecule has 0 aliphatic carbocycles. The molecule has 0 spiro atoms. The van der Waals surface area contributed by atoms with E-state index >= 15 is 0 Å². The second-order valence-electron chi connectivity index (χ2n) is 3.00. The summed E-state index contributed by atoms with van der Waals surface area (Å²) in [6.45, 7) is 0.291. The van der Waals surface area contributed by atoms with Crippen LogP contribution in [0.2, 0.25) is 0 Å². The summed E-state index contributed by atoms with van der Waals surface area (Å²) in [7, 11) is 0. The maximum Gasteiger partial charge on any atom is 0.430 e. The minimum Gasteiger partial charge on any atom is -0.446 e. The SMILES string of the molecule is [2H]c1c([2H])c([2H])c([N+](=O)[O-])c(/C=N/N2CCOC2=O)c1[2H]. The predicted octanol–water partition coefficient (Wildman–Crippen LogP) is 1.38. The van der Waals surface area contributed by atoms with Crippen LogP contribution in [0.3, 0.4) is 0 Å². The van der Waals surface area contributed by atoms with Crippen molar-refractivity contribution in [2.45, 2.75) is 0 Å². The van der Waals surface area contributed by atoms with E-state index < -0.39 is 46.4 Å². The van der Waals surface area contributed by atoms with Crippen LogP contribution in [0, 0.1) is 10.1 Å². The number of carbonyl (C=O) groups excluding carboxylic acids is 1. The fraction of sp³-hybridized carbons (Fsp3) is 0.200. The van der Waals surface area contributed by atoms with Gasteiger partial charge in [-0.3, -0.25) is 10.1 Å². The minimum absolute atomic E-state index is 0.130. The minimum atomic E-state index is -0.915. The first-order valence-electron chi connectivity index (χ1n) is 6.57. The summed E-state index contributed by atoms with van der Waals surface area (Å²) in [5.41, 5.74) is -1.19. The van der Waals surface area contributed by atoms with E-state index in [1.807, 2.05) is 0 Å². The molecule has 1 saturated heterocycles. The van der Waals surface area contributed by atoms with E-state index in [-0.39, 0.29) is 13.2 Å². The molecule has 0 bridgehead atoms. The molecule has 0 aromatic heterocycles. The number of para-hydroxylation sites is 1. The van der Waals surface area contributed by atoms with E-state index in [0.29, 0.717) is 0 Å². The molecular formula is C10H9N3O4. The monoisotopic (exact) mass is 239 g/mol. The lowest BCUT2D eigenvalue weighted by molar-refractivity contribution is -0.385. The van der Waals surface area contributed by atoms with Gasteiger partial charge in [-0.1, -0.05) is 12.1 Å². The number of hydrogen-bond acceptors (Lipinski definition) is 5. The number of cyclic esters (lactones) is 1. The van der Waals surface area contributed by atoms with E-state index in [9.17, 15) is 14.9 Å². The summed E-state index contributed by atoms with van der Waals surface area (Å²) in [5.74, 6) is 0. The lowest BCUT2D eigenvalue weighted by Gasteiger charge is -2.03. The molecule has 1 heterocycles. The highest BCUT2D eigenvalue weighted by molar-refractivity contribution is 5.86. The number of benzene rings is 1. The van der Waals surface area contributed by atoms with Gasteiger partial charge in [0.2, 0.25) is 0 Å². The zero-order valence-corrected chi connectivity index (χ0v) is 8.47. The van der Waals surface area contributed by atoms with Crippen LogP contribution < -0.4 is 0 Å². The molecule has 0 atom stereocenters. The van der Waals surface area contributed by atoms with Gasteiger partial charge in [-0.2, -0.15) is 10.1 Å². The Morgan fingerprint density at radius 1 is 1.59 bits per heavy atom. The Hall–Kier alpha value is -2.44. The average Bonchev–Trinajstić information content (AvgIpc) is 2.84. The van der Waals surface area contributed by atoms with Crippen molar-refractivity contribution in [3.05, 3.63) is 39.8 Å². The zero-order chi connectivity index (χ0) is 15.7. The Bertz CT molecular complexity index is 664. The topological polar surface area (TPSA) is 85.0 Å². The van der Waals surface area contributed by atoms with Crippen LogP contribution in [0.5, 0.6) is 0 Å². The molecule has 0 radical (unpaired) electrons. The highest BCUT2D eigenvalue weighted by Gasteiger charge is 2.21. The first-order chi connectivity index (χ1) is 9.84. The van der Waals surface area contributed by atoms with Gasteiger partial charge in [0.05, 0.1) is 28.7 Å². The Balaban J connectivity index is 2.54. The maximum absolute atomic E-state index is 11.2. The fourth-order valence-corrected chi connectivity index (χ4v) is 1.17. The number of nitro benzene ring substituents is 1. The highest BCUT2D eigenvalue weighted by Crippen LogP contribution is 2.15. The van der Waals surface area contributed by atoms with Crippen molar-refractivity contribution in [1.29, 1.82) is 0 Å². The molecule has 1 fully saturated rings. The molecule has 1 aromatic carbocycles. The van der Waals surface area contributed by atoms with Gasteiger partial charge >= 0.3 is 6.09 Å². The molecule has 0 saturated carbocycles. The Labute approximate surface area is 102 Å². The van der Waals surface area contributed by atoms with Gasteiger partial charge in [0, 0.05) is 6.04 Å². The molecule has 7 heteroatoms. The summed E-state index contributed by atoms with van der Waals surface area (Å²) < 4.78 is 34.7. The van der Waals surface area contributed by atoms with E-state index in [2.05, 4.69) is 9.84 Å². The summed E-state index contributed by atoms with van der Waals surface area (Å²) in [4.78, 5) is 21.3. The molecule has 2 rings (SSSR count). The summed E-state index contributed by atoms with van der Waals surface area (Å²) in [6.07, 6.45) is 0.137. The van der Waals surface area contributed by atoms with Crippen LogP contribution >= 0.6 is 0 Å². The third-order valence-corrected chi connectivity index (χ3v) is 1.94. The van der Waals surface area contributed by atoms with E-state index in [0.717, 1.165) is 11.2 Å². The highest BCUT2D eigenvalue weighted by atomic mass is 16.6. The summed E-state index contributed by atoms with van der Waals surface area (Å²) >= 11 is 0. The van der Waals surface area contributed by atoms with Gasteiger partial charge in [0.15, 0.2) is 0 Å². The van der Waals surface area contributed by atoms with Gasteiger partial charge in [0.1, 0.15) is 6.61 Å². The number of amides is 1. The van der Waals surface area contributed by atoms with Gasteiger partial charge in [-0.15, -0.1) is 0 Å². The number of nitrogens with zero attached hydrogens (tertiary/aromatic N) is 3. The van der Waals surface area contributed by atoms with Crippen molar-refractivity contribution >= 4 is 18.0 Å². The normalized spacial score (nSPS) is 18.6. The Kier molecular flexibility index (Phi) is 1.89. The summed E-state index contributed by atoms with van der Waals surface area (Å²) in [5, 5.41) is 15.6. The third kappa shape index (κ3) is 2.39. The van der Waals surface area contributed by atoms with Gasteiger partial charge < -0.3 is 4.74 Å². The molecule has 1 aliphatic heterocycles. The van der Waals surface area contributed by atoms with E-state index in [1.54, 1.807) is 0 Å². The quantitative estimate of drug-likeness (QED) is 0.453. The number of hydrazone groups is 1. The predicted molar refractivity (Wildman–Crippen MR) is 58.7 cm³/mol. The molecule has 1 aliphatic rings. The number of carbonyl (C=O) groups is 1. The molecular weight excluding hydrogens is 226 g/mol. The molecule has 1 aromatic rings. The average molecular weight is 239 g/mol. The van der Waals surface area contributed by atoms with E-state index in [4.69, 9.17) is 5.48 Å². The van der Waals surface area contributed by atoms with Gasteiger partial charge in [-0.05, 0) is 6.04 Å². The standard InChI is InChI=1S/C10H9N3O4/c14-10-12(5-6-17-10)11-7-8-3-1-2-4-9(8)13(15)16/h1-4,7H,5-6H2/b11-7+/i1D,2D,3D,4D.